The summed E-state index contributed by atoms with van der Waals surface area (Å²) in [6.45, 7) is 2.73. The van der Waals surface area contributed by atoms with E-state index >= 15 is 0 Å². The number of aliphatic hydroxyl groups excluding tert-OH is 1. The van der Waals surface area contributed by atoms with Crippen molar-refractivity contribution in [3.63, 3.8) is 0 Å². The highest BCUT2D eigenvalue weighted by atomic mass is 16.5. The van der Waals surface area contributed by atoms with Gasteiger partial charge in [-0.05, 0) is 37.5 Å². The fourth-order valence-electron chi connectivity index (χ4n) is 2.33. The minimum atomic E-state index is -0.327. The Kier molecular flexibility index (Phi) is 4.02. The first kappa shape index (κ1) is 12.4. The highest BCUT2D eigenvalue weighted by Crippen LogP contribution is 2.25. The predicted molar refractivity (Wildman–Crippen MR) is 66.2 cm³/mol. The van der Waals surface area contributed by atoms with Crippen LogP contribution in [0.25, 0.3) is 0 Å². The average molecular weight is 236 g/mol. The second-order valence-electron chi connectivity index (χ2n) is 4.76. The van der Waals surface area contributed by atoms with Gasteiger partial charge in [0.25, 0.3) is 0 Å². The zero-order valence-corrected chi connectivity index (χ0v) is 10.4. The molecule has 1 aliphatic rings. The van der Waals surface area contributed by atoms with Crippen molar-refractivity contribution in [2.75, 3.05) is 13.7 Å². The summed E-state index contributed by atoms with van der Waals surface area (Å²) in [7, 11) is 1.65. The van der Waals surface area contributed by atoms with Gasteiger partial charge in [0.1, 0.15) is 5.75 Å². The van der Waals surface area contributed by atoms with Gasteiger partial charge in [-0.25, -0.2) is 0 Å². The highest BCUT2D eigenvalue weighted by molar-refractivity contribution is 5.28. The number of methoxy groups -OCH3 is 1. The van der Waals surface area contributed by atoms with Gasteiger partial charge in [-0.15, -0.1) is 0 Å². The van der Waals surface area contributed by atoms with Crippen molar-refractivity contribution in [2.24, 2.45) is 5.92 Å². The molecule has 1 aliphatic heterocycles. The molecule has 0 aliphatic carbocycles. The van der Waals surface area contributed by atoms with Crippen LogP contribution in [0.3, 0.4) is 0 Å². The topological polar surface area (TPSA) is 38.7 Å². The lowest BCUT2D eigenvalue weighted by molar-refractivity contribution is 0.0806. The maximum atomic E-state index is 10.2. The maximum absolute atomic E-state index is 10.2. The fourth-order valence-corrected chi connectivity index (χ4v) is 2.33. The third kappa shape index (κ3) is 3.20. The van der Waals surface area contributed by atoms with E-state index in [0.29, 0.717) is 13.0 Å². The van der Waals surface area contributed by atoms with Gasteiger partial charge >= 0.3 is 0 Å². The number of hydrogen-bond acceptors (Lipinski definition) is 3. The number of aliphatic hydroxyl groups is 1. The molecule has 0 bridgehead atoms. The van der Waals surface area contributed by atoms with E-state index < -0.39 is 0 Å². The minimum Gasteiger partial charge on any atom is -0.497 e. The second-order valence-corrected chi connectivity index (χ2v) is 4.76. The van der Waals surface area contributed by atoms with E-state index in [2.05, 4.69) is 6.92 Å². The van der Waals surface area contributed by atoms with Gasteiger partial charge in [-0.3, -0.25) is 0 Å². The molecule has 0 aromatic heterocycles. The number of rotatable bonds is 4. The highest BCUT2D eigenvalue weighted by Gasteiger charge is 2.28. The van der Waals surface area contributed by atoms with E-state index in [1.807, 2.05) is 24.3 Å². The number of benzene rings is 1. The van der Waals surface area contributed by atoms with Gasteiger partial charge in [-0.1, -0.05) is 12.1 Å². The zero-order valence-electron chi connectivity index (χ0n) is 10.4. The summed E-state index contributed by atoms with van der Waals surface area (Å²) < 4.78 is 10.7. The van der Waals surface area contributed by atoms with Crippen molar-refractivity contribution in [2.45, 2.75) is 32.0 Å². The van der Waals surface area contributed by atoms with Crippen LogP contribution in [0.5, 0.6) is 5.75 Å². The van der Waals surface area contributed by atoms with Crippen LogP contribution in [0, 0.1) is 5.92 Å². The van der Waals surface area contributed by atoms with Crippen LogP contribution in [0.15, 0.2) is 24.3 Å². The molecule has 1 aromatic carbocycles. The van der Waals surface area contributed by atoms with Gasteiger partial charge in [0.15, 0.2) is 0 Å². The monoisotopic (exact) mass is 236 g/mol. The Morgan fingerprint density at radius 3 is 3.00 bits per heavy atom. The summed E-state index contributed by atoms with van der Waals surface area (Å²) in [5.41, 5.74) is 1.11. The van der Waals surface area contributed by atoms with Gasteiger partial charge in [0.05, 0.1) is 25.9 Å². The SMILES string of the molecule is COc1cccc(CC(O)C2COC(C)C2)c1. The number of ether oxygens (including phenoxy) is 2. The molecule has 0 radical (unpaired) electrons. The first-order valence-electron chi connectivity index (χ1n) is 6.11. The molecule has 1 aromatic rings. The lowest BCUT2D eigenvalue weighted by Gasteiger charge is -2.16. The Morgan fingerprint density at radius 2 is 2.35 bits per heavy atom. The van der Waals surface area contributed by atoms with Crippen LogP contribution >= 0.6 is 0 Å². The standard InChI is InChI=1S/C14H20O3/c1-10-6-12(9-17-10)14(15)8-11-4-3-5-13(7-11)16-2/h3-5,7,10,12,14-15H,6,8-9H2,1-2H3. The molecule has 1 saturated heterocycles. The Hall–Kier alpha value is -1.06. The molecular weight excluding hydrogens is 216 g/mol. The smallest absolute Gasteiger partial charge is 0.119 e. The van der Waals surface area contributed by atoms with Crippen LogP contribution in [-0.2, 0) is 11.2 Å². The number of hydrogen-bond donors (Lipinski definition) is 1. The largest absolute Gasteiger partial charge is 0.497 e. The van der Waals surface area contributed by atoms with Gasteiger partial charge < -0.3 is 14.6 Å². The Morgan fingerprint density at radius 1 is 1.53 bits per heavy atom. The lowest BCUT2D eigenvalue weighted by Crippen LogP contribution is -2.23. The molecule has 1 heterocycles. The molecular formula is C14H20O3. The molecule has 0 spiro atoms. The molecule has 1 N–H and O–H groups in total. The van der Waals surface area contributed by atoms with Crippen molar-refractivity contribution >= 4 is 0 Å². The van der Waals surface area contributed by atoms with E-state index in [4.69, 9.17) is 9.47 Å². The summed E-state index contributed by atoms with van der Waals surface area (Å²) >= 11 is 0. The van der Waals surface area contributed by atoms with Crippen LogP contribution in [0.2, 0.25) is 0 Å². The van der Waals surface area contributed by atoms with Gasteiger partial charge in [-0.2, -0.15) is 0 Å². The molecule has 2 rings (SSSR count). The van der Waals surface area contributed by atoms with E-state index in [-0.39, 0.29) is 18.1 Å². The summed E-state index contributed by atoms with van der Waals surface area (Å²) in [4.78, 5) is 0. The molecule has 94 valence electrons. The van der Waals surface area contributed by atoms with Gasteiger partial charge in [0, 0.05) is 5.92 Å². The maximum Gasteiger partial charge on any atom is 0.119 e. The van der Waals surface area contributed by atoms with Crippen LogP contribution < -0.4 is 4.74 Å². The van der Waals surface area contributed by atoms with E-state index in [1.165, 1.54) is 0 Å². The van der Waals surface area contributed by atoms with Crippen LogP contribution in [-0.4, -0.2) is 31.0 Å². The summed E-state index contributed by atoms with van der Waals surface area (Å²) in [6, 6.07) is 7.86. The zero-order chi connectivity index (χ0) is 12.3. The van der Waals surface area contributed by atoms with Crippen molar-refractivity contribution in [1.82, 2.24) is 0 Å². The molecule has 3 nitrogen and oxygen atoms in total. The molecule has 3 unspecified atom stereocenters. The first-order chi connectivity index (χ1) is 8.19. The first-order valence-corrected chi connectivity index (χ1v) is 6.11. The molecule has 17 heavy (non-hydrogen) atoms. The summed E-state index contributed by atoms with van der Waals surface area (Å²) in [6.07, 6.45) is 1.57. The van der Waals surface area contributed by atoms with Crippen molar-refractivity contribution < 1.29 is 14.6 Å². The lowest BCUT2D eigenvalue weighted by atomic mass is 9.94. The van der Waals surface area contributed by atoms with Crippen LogP contribution in [0.4, 0.5) is 0 Å². The Balaban J connectivity index is 1.95. The molecule has 1 fully saturated rings. The predicted octanol–water partition coefficient (Wildman–Crippen LogP) is 2.02. The molecule has 3 heteroatoms. The second kappa shape index (κ2) is 5.52. The minimum absolute atomic E-state index is 0.260. The Bertz CT molecular complexity index is 364. The molecule has 0 saturated carbocycles. The summed E-state index contributed by atoms with van der Waals surface area (Å²) in [5.74, 6) is 1.10. The third-order valence-electron chi connectivity index (χ3n) is 3.35. The molecule has 3 atom stereocenters. The average Bonchev–Trinajstić information content (AvgIpc) is 2.76. The molecule has 0 amide bonds. The summed E-state index contributed by atoms with van der Waals surface area (Å²) in [5, 5.41) is 10.2. The fraction of sp³-hybridized carbons (Fsp3) is 0.571. The Labute approximate surface area is 102 Å². The van der Waals surface area contributed by atoms with Gasteiger partial charge in [0.2, 0.25) is 0 Å². The van der Waals surface area contributed by atoms with Crippen molar-refractivity contribution in [3.05, 3.63) is 29.8 Å². The normalized spacial score (nSPS) is 25.8. The van der Waals surface area contributed by atoms with Crippen molar-refractivity contribution in [3.8, 4) is 5.75 Å². The van der Waals surface area contributed by atoms with Crippen LogP contribution in [0.1, 0.15) is 18.9 Å². The van der Waals surface area contributed by atoms with Crippen molar-refractivity contribution in [1.29, 1.82) is 0 Å². The quantitative estimate of drug-likeness (QED) is 0.869. The van der Waals surface area contributed by atoms with E-state index in [1.54, 1.807) is 7.11 Å². The van der Waals surface area contributed by atoms with E-state index in [9.17, 15) is 5.11 Å². The van der Waals surface area contributed by atoms with E-state index in [0.717, 1.165) is 17.7 Å². The third-order valence-corrected chi connectivity index (χ3v) is 3.35.